The van der Waals surface area contributed by atoms with Crippen molar-refractivity contribution in [2.45, 2.75) is 38.3 Å². The molecule has 222 valence electrons. The van der Waals surface area contributed by atoms with Gasteiger partial charge in [0.15, 0.2) is 0 Å². The molecule has 1 aromatic heterocycles. The molecule has 0 aliphatic carbocycles. The molecule has 1 heterocycles. The van der Waals surface area contributed by atoms with Crippen LogP contribution >= 0.6 is 12.4 Å². The molecule has 1 atom stereocenters. The van der Waals surface area contributed by atoms with Crippen LogP contribution in [0.2, 0.25) is 0 Å². The third kappa shape index (κ3) is 10.5. The molecule has 0 saturated carbocycles. The Hall–Kier alpha value is -4.41. The van der Waals surface area contributed by atoms with E-state index in [1.807, 2.05) is 84.9 Å². The predicted molar refractivity (Wildman–Crippen MR) is 159 cm³/mol. The van der Waals surface area contributed by atoms with E-state index in [1.54, 1.807) is 0 Å². The van der Waals surface area contributed by atoms with Gasteiger partial charge in [0, 0.05) is 0 Å². The van der Waals surface area contributed by atoms with Gasteiger partial charge < -0.3 is 29.8 Å². The second kappa shape index (κ2) is 17.4. The van der Waals surface area contributed by atoms with Crippen LogP contribution < -0.4 is 20.5 Å². The Morgan fingerprint density at radius 3 is 2.14 bits per heavy atom. The largest absolute Gasteiger partial charge is 0.490 e. The number of unbranched alkanes of at least 4 members (excludes halogenated alkanes) is 1. The number of halogens is 1. The molecule has 4 rings (SSSR count). The Labute approximate surface area is 251 Å². The second-order valence-corrected chi connectivity index (χ2v) is 9.25. The highest BCUT2D eigenvalue weighted by molar-refractivity contribution is 5.98. The van der Waals surface area contributed by atoms with Crippen LogP contribution in [0.1, 0.15) is 46.9 Å². The fraction of sp³-hybridized carbons (Fsp3) is 0.290. The lowest BCUT2D eigenvalue weighted by Crippen LogP contribution is -2.41. The van der Waals surface area contributed by atoms with Gasteiger partial charge in [-0.25, -0.2) is 4.79 Å². The number of rotatable bonds is 16. The SMILES string of the molecule is Cl.NCCCCC(NC(=O)OCc1ccccc1)C(=O)c1noc(Cc2ccc(OCCOc3ccccc3)cc2)n1. The van der Waals surface area contributed by atoms with E-state index >= 15 is 0 Å². The molecular weight excluding hydrogens is 560 g/mol. The van der Waals surface area contributed by atoms with Crippen molar-refractivity contribution in [2.24, 2.45) is 5.73 Å². The van der Waals surface area contributed by atoms with Crippen molar-refractivity contribution in [3.05, 3.63) is 108 Å². The summed E-state index contributed by atoms with van der Waals surface area (Å²) in [6, 6.07) is 25.4. The van der Waals surface area contributed by atoms with Gasteiger partial charge in [-0.05, 0) is 61.2 Å². The number of aromatic nitrogens is 2. The third-order valence-corrected chi connectivity index (χ3v) is 6.10. The van der Waals surface area contributed by atoms with Crippen LogP contribution in [0.25, 0.3) is 0 Å². The Kier molecular flexibility index (Phi) is 13.3. The summed E-state index contributed by atoms with van der Waals surface area (Å²) in [6.45, 7) is 1.41. The molecule has 0 fully saturated rings. The van der Waals surface area contributed by atoms with Crippen LogP contribution in [0.5, 0.6) is 11.5 Å². The van der Waals surface area contributed by atoms with E-state index in [0.29, 0.717) is 51.2 Å². The number of nitrogens with zero attached hydrogens (tertiary/aromatic N) is 2. The van der Waals surface area contributed by atoms with Crippen LogP contribution in [0, 0.1) is 0 Å². The zero-order valence-electron chi connectivity index (χ0n) is 23.1. The lowest BCUT2D eigenvalue weighted by Gasteiger charge is -2.16. The molecule has 1 unspecified atom stereocenters. The number of benzene rings is 3. The van der Waals surface area contributed by atoms with Crippen molar-refractivity contribution in [1.82, 2.24) is 15.5 Å². The van der Waals surface area contributed by atoms with E-state index in [9.17, 15) is 9.59 Å². The number of hydrogen-bond acceptors (Lipinski definition) is 9. The van der Waals surface area contributed by atoms with E-state index < -0.39 is 17.9 Å². The first-order valence-corrected chi connectivity index (χ1v) is 13.5. The smallest absolute Gasteiger partial charge is 0.408 e. The maximum absolute atomic E-state index is 13.2. The minimum absolute atomic E-state index is 0. The number of nitrogens with one attached hydrogen (secondary N) is 1. The second-order valence-electron chi connectivity index (χ2n) is 9.25. The molecule has 11 heteroatoms. The molecule has 10 nitrogen and oxygen atoms in total. The molecule has 0 spiro atoms. The van der Waals surface area contributed by atoms with Gasteiger partial charge in [0.05, 0.1) is 12.5 Å². The summed E-state index contributed by atoms with van der Waals surface area (Å²) in [7, 11) is 0. The zero-order valence-corrected chi connectivity index (χ0v) is 24.0. The average Bonchev–Trinajstić information content (AvgIpc) is 3.48. The van der Waals surface area contributed by atoms with Gasteiger partial charge in [-0.15, -0.1) is 12.4 Å². The molecule has 1 amide bonds. The standard InChI is InChI=1S/C31H34N4O6.ClH/c32-18-8-7-13-27(33-31(37)40-22-24-9-3-1-4-10-24)29(36)30-34-28(41-35-30)21-23-14-16-26(17-15-23)39-20-19-38-25-11-5-2-6-12-25;/h1-6,9-12,14-17,27H,7-8,13,18-22,32H2,(H,33,37);1H. The molecule has 4 aromatic rings. The van der Waals surface area contributed by atoms with Gasteiger partial charge >= 0.3 is 6.09 Å². The molecule has 0 aliphatic rings. The Bertz CT molecular complexity index is 1350. The highest BCUT2D eigenvalue weighted by Gasteiger charge is 2.27. The quantitative estimate of drug-likeness (QED) is 0.133. The number of ketones is 1. The number of ether oxygens (including phenoxy) is 3. The number of alkyl carbamates (subject to hydrolysis) is 1. The first-order valence-electron chi connectivity index (χ1n) is 13.5. The van der Waals surface area contributed by atoms with Crippen molar-refractivity contribution in [2.75, 3.05) is 19.8 Å². The fourth-order valence-electron chi connectivity index (χ4n) is 3.97. The van der Waals surface area contributed by atoms with E-state index in [-0.39, 0.29) is 30.7 Å². The van der Waals surface area contributed by atoms with Crippen molar-refractivity contribution >= 4 is 24.3 Å². The van der Waals surface area contributed by atoms with Crippen LogP contribution in [-0.4, -0.2) is 47.8 Å². The third-order valence-electron chi connectivity index (χ3n) is 6.10. The number of Topliss-reactive ketones (excluding diaryl/α,β-unsaturated/α-hetero) is 1. The summed E-state index contributed by atoms with van der Waals surface area (Å²) < 4.78 is 22.0. The normalized spacial score (nSPS) is 11.2. The monoisotopic (exact) mass is 594 g/mol. The molecule has 0 saturated heterocycles. The summed E-state index contributed by atoms with van der Waals surface area (Å²) in [5.41, 5.74) is 7.35. The van der Waals surface area contributed by atoms with Gasteiger partial charge in [0.1, 0.15) is 31.3 Å². The van der Waals surface area contributed by atoms with Crippen molar-refractivity contribution < 1.29 is 28.3 Å². The van der Waals surface area contributed by atoms with E-state index in [0.717, 1.165) is 16.9 Å². The summed E-state index contributed by atoms with van der Waals surface area (Å²) >= 11 is 0. The lowest BCUT2D eigenvalue weighted by molar-refractivity contribution is 0.0896. The highest BCUT2D eigenvalue weighted by atomic mass is 35.5. The molecule has 0 radical (unpaired) electrons. The Morgan fingerprint density at radius 1 is 0.833 bits per heavy atom. The Morgan fingerprint density at radius 2 is 1.48 bits per heavy atom. The van der Waals surface area contributed by atoms with E-state index in [1.165, 1.54) is 0 Å². The van der Waals surface area contributed by atoms with Crippen molar-refractivity contribution in [3.63, 3.8) is 0 Å². The number of para-hydroxylation sites is 1. The number of carbonyl (C=O) groups is 2. The van der Waals surface area contributed by atoms with Gasteiger partial charge in [-0.2, -0.15) is 4.98 Å². The Balaban J connectivity index is 0.00000484. The summed E-state index contributed by atoms with van der Waals surface area (Å²) in [6.07, 6.45) is 1.36. The number of amides is 1. The molecule has 3 aromatic carbocycles. The molecule has 0 aliphatic heterocycles. The molecule has 42 heavy (non-hydrogen) atoms. The van der Waals surface area contributed by atoms with Gasteiger partial charge in [0.25, 0.3) is 0 Å². The first kappa shape index (κ1) is 32.1. The average molecular weight is 595 g/mol. The summed E-state index contributed by atoms with van der Waals surface area (Å²) in [4.78, 5) is 29.9. The summed E-state index contributed by atoms with van der Waals surface area (Å²) in [5.74, 6) is 1.24. The van der Waals surface area contributed by atoms with Crippen LogP contribution in [0.15, 0.2) is 89.5 Å². The maximum atomic E-state index is 13.2. The van der Waals surface area contributed by atoms with Crippen LogP contribution in [0.4, 0.5) is 4.79 Å². The van der Waals surface area contributed by atoms with Gasteiger partial charge in [0.2, 0.25) is 17.5 Å². The maximum Gasteiger partial charge on any atom is 0.408 e. The summed E-state index contributed by atoms with van der Waals surface area (Å²) in [5, 5.41) is 6.51. The number of hydrogen-bond donors (Lipinski definition) is 2. The minimum atomic E-state index is -0.863. The van der Waals surface area contributed by atoms with Crippen LogP contribution in [-0.2, 0) is 17.8 Å². The fourth-order valence-corrected chi connectivity index (χ4v) is 3.97. The van der Waals surface area contributed by atoms with E-state index in [4.69, 9.17) is 24.5 Å². The lowest BCUT2D eigenvalue weighted by atomic mass is 10.0. The topological polar surface area (TPSA) is 139 Å². The minimum Gasteiger partial charge on any atom is -0.490 e. The number of carbonyl (C=O) groups excluding carboxylic acids is 2. The first-order chi connectivity index (χ1) is 20.1. The van der Waals surface area contributed by atoms with Crippen LogP contribution in [0.3, 0.4) is 0 Å². The molecule has 3 N–H and O–H groups in total. The highest BCUT2D eigenvalue weighted by Crippen LogP contribution is 2.16. The number of nitrogens with two attached hydrogens (primary N) is 1. The van der Waals surface area contributed by atoms with Gasteiger partial charge in [-0.3, -0.25) is 4.79 Å². The molecule has 0 bridgehead atoms. The van der Waals surface area contributed by atoms with Crippen molar-refractivity contribution in [3.8, 4) is 11.5 Å². The van der Waals surface area contributed by atoms with Crippen molar-refractivity contribution in [1.29, 1.82) is 0 Å². The van der Waals surface area contributed by atoms with E-state index in [2.05, 4.69) is 15.5 Å². The predicted octanol–water partition coefficient (Wildman–Crippen LogP) is 5.15. The molecular formula is C31H35ClN4O6. The zero-order chi connectivity index (χ0) is 28.7. The van der Waals surface area contributed by atoms with Gasteiger partial charge in [-0.1, -0.05) is 65.8 Å².